The lowest BCUT2D eigenvalue weighted by Gasteiger charge is -2.11. The van der Waals surface area contributed by atoms with Crippen molar-refractivity contribution in [2.45, 2.75) is 0 Å². The van der Waals surface area contributed by atoms with Crippen molar-refractivity contribution in [2.75, 3.05) is 5.32 Å². The molecular weight excluding hydrogens is 469 g/mol. The number of aryl methyl sites for hydroxylation is 1. The van der Waals surface area contributed by atoms with Crippen LogP contribution in [0.2, 0.25) is 0 Å². The third-order valence-corrected chi connectivity index (χ3v) is 4.68. The SMILES string of the molecule is Cn1cc(C(=O)Nc2ccccc2-c2ccc(Br)cc2)c(I)n1. The van der Waals surface area contributed by atoms with Crippen LogP contribution in [0.4, 0.5) is 5.69 Å². The summed E-state index contributed by atoms with van der Waals surface area (Å²) in [6, 6.07) is 15.8. The zero-order valence-electron chi connectivity index (χ0n) is 12.3. The quantitative estimate of drug-likeness (QED) is 0.551. The number of para-hydroxylation sites is 1. The van der Waals surface area contributed by atoms with Gasteiger partial charge in [0, 0.05) is 29.0 Å². The molecule has 1 aromatic heterocycles. The number of amides is 1. The van der Waals surface area contributed by atoms with Crippen LogP contribution in [-0.4, -0.2) is 15.7 Å². The number of halogens is 2. The number of rotatable bonds is 3. The van der Waals surface area contributed by atoms with Gasteiger partial charge >= 0.3 is 0 Å². The number of aromatic nitrogens is 2. The topological polar surface area (TPSA) is 46.9 Å². The highest BCUT2D eigenvalue weighted by molar-refractivity contribution is 14.1. The van der Waals surface area contributed by atoms with Crippen LogP contribution in [-0.2, 0) is 7.05 Å². The van der Waals surface area contributed by atoms with E-state index in [0.29, 0.717) is 9.26 Å². The average molecular weight is 482 g/mol. The van der Waals surface area contributed by atoms with Gasteiger partial charge < -0.3 is 5.32 Å². The van der Waals surface area contributed by atoms with E-state index >= 15 is 0 Å². The minimum absolute atomic E-state index is 0.160. The standard InChI is InChI=1S/C17H13BrIN3O/c1-22-10-14(16(19)21-22)17(23)20-15-5-3-2-4-13(15)11-6-8-12(18)9-7-11/h2-10H,1H3,(H,20,23). The minimum Gasteiger partial charge on any atom is -0.321 e. The monoisotopic (exact) mass is 481 g/mol. The van der Waals surface area contributed by atoms with Gasteiger partial charge in [0.05, 0.1) is 5.56 Å². The summed E-state index contributed by atoms with van der Waals surface area (Å²) in [4.78, 5) is 12.5. The first-order valence-corrected chi connectivity index (χ1v) is 8.77. The van der Waals surface area contributed by atoms with Gasteiger partial charge in [0.15, 0.2) is 0 Å². The molecular formula is C17H13BrIN3O. The molecule has 1 amide bonds. The summed E-state index contributed by atoms with van der Waals surface area (Å²) in [5.74, 6) is -0.160. The molecule has 0 aliphatic carbocycles. The maximum atomic E-state index is 12.5. The molecule has 23 heavy (non-hydrogen) atoms. The van der Waals surface area contributed by atoms with Crippen molar-refractivity contribution in [1.29, 1.82) is 0 Å². The van der Waals surface area contributed by atoms with Crippen LogP contribution in [0.1, 0.15) is 10.4 Å². The van der Waals surface area contributed by atoms with Gasteiger partial charge in [0.25, 0.3) is 5.91 Å². The Morgan fingerprint density at radius 3 is 2.52 bits per heavy atom. The molecule has 0 atom stereocenters. The van der Waals surface area contributed by atoms with Gasteiger partial charge in [-0.3, -0.25) is 9.48 Å². The molecule has 3 aromatic rings. The molecule has 0 fully saturated rings. The summed E-state index contributed by atoms with van der Waals surface area (Å²) in [5, 5.41) is 7.19. The Kier molecular flexibility index (Phi) is 4.82. The number of nitrogens with zero attached hydrogens (tertiary/aromatic N) is 2. The van der Waals surface area contributed by atoms with Crippen LogP contribution >= 0.6 is 38.5 Å². The fourth-order valence-electron chi connectivity index (χ4n) is 2.28. The molecule has 0 unspecified atom stereocenters. The highest BCUT2D eigenvalue weighted by atomic mass is 127. The summed E-state index contributed by atoms with van der Waals surface area (Å²) < 4.78 is 3.34. The van der Waals surface area contributed by atoms with Crippen LogP contribution in [0.15, 0.2) is 59.2 Å². The molecule has 0 spiro atoms. The molecule has 6 heteroatoms. The summed E-state index contributed by atoms with van der Waals surface area (Å²) in [6.45, 7) is 0. The van der Waals surface area contributed by atoms with Crippen molar-refractivity contribution < 1.29 is 4.79 Å². The Labute approximate surface area is 156 Å². The van der Waals surface area contributed by atoms with Gasteiger partial charge in [-0.25, -0.2) is 0 Å². The van der Waals surface area contributed by atoms with Crippen LogP contribution in [0.25, 0.3) is 11.1 Å². The number of hydrogen-bond donors (Lipinski definition) is 1. The molecule has 0 bridgehead atoms. The Balaban J connectivity index is 1.93. The van der Waals surface area contributed by atoms with Crippen LogP contribution in [0.3, 0.4) is 0 Å². The molecule has 116 valence electrons. The highest BCUT2D eigenvalue weighted by Gasteiger charge is 2.15. The Morgan fingerprint density at radius 1 is 1.17 bits per heavy atom. The van der Waals surface area contributed by atoms with Crippen molar-refractivity contribution in [2.24, 2.45) is 7.05 Å². The Morgan fingerprint density at radius 2 is 1.87 bits per heavy atom. The first kappa shape index (κ1) is 16.2. The highest BCUT2D eigenvalue weighted by Crippen LogP contribution is 2.29. The van der Waals surface area contributed by atoms with Crippen molar-refractivity contribution >= 4 is 50.1 Å². The average Bonchev–Trinajstić information content (AvgIpc) is 2.87. The largest absolute Gasteiger partial charge is 0.321 e. The smallest absolute Gasteiger partial charge is 0.259 e. The molecule has 0 aliphatic heterocycles. The van der Waals surface area contributed by atoms with Crippen molar-refractivity contribution in [3.8, 4) is 11.1 Å². The van der Waals surface area contributed by atoms with E-state index in [2.05, 4.69) is 48.9 Å². The summed E-state index contributed by atoms with van der Waals surface area (Å²) in [6.07, 6.45) is 1.72. The zero-order valence-corrected chi connectivity index (χ0v) is 16.0. The molecule has 3 rings (SSSR count). The summed E-state index contributed by atoms with van der Waals surface area (Å²) >= 11 is 5.50. The van der Waals surface area contributed by atoms with E-state index in [0.717, 1.165) is 21.3 Å². The maximum Gasteiger partial charge on any atom is 0.259 e. The van der Waals surface area contributed by atoms with E-state index in [4.69, 9.17) is 0 Å². The van der Waals surface area contributed by atoms with Gasteiger partial charge in [-0.15, -0.1) is 0 Å². The first-order chi connectivity index (χ1) is 11.0. The van der Waals surface area contributed by atoms with E-state index in [-0.39, 0.29) is 5.91 Å². The van der Waals surface area contributed by atoms with Crippen molar-refractivity contribution in [3.05, 3.63) is 68.5 Å². The zero-order chi connectivity index (χ0) is 16.4. The van der Waals surface area contributed by atoms with Crippen LogP contribution in [0.5, 0.6) is 0 Å². The second-order valence-electron chi connectivity index (χ2n) is 5.01. The fourth-order valence-corrected chi connectivity index (χ4v) is 3.27. The van der Waals surface area contributed by atoms with Crippen LogP contribution < -0.4 is 5.32 Å². The molecule has 0 saturated carbocycles. The lowest BCUT2D eigenvalue weighted by molar-refractivity contribution is 0.102. The molecule has 0 aliphatic rings. The molecule has 4 nitrogen and oxygen atoms in total. The van der Waals surface area contributed by atoms with Crippen LogP contribution in [0, 0.1) is 3.70 Å². The normalized spacial score (nSPS) is 10.6. The van der Waals surface area contributed by atoms with Gasteiger partial charge in [-0.1, -0.05) is 46.3 Å². The number of nitrogens with one attached hydrogen (secondary N) is 1. The van der Waals surface area contributed by atoms with Crippen molar-refractivity contribution in [1.82, 2.24) is 9.78 Å². The van der Waals surface area contributed by atoms with Gasteiger partial charge in [-0.05, 0) is 46.4 Å². The second kappa shape index (κ2) is 6.84. The second-order valence-corrected chi connectivity index (χ2v) is 6.95. The van der Waals surface area contributed by atoms with Gasteiger partial charge in [0.1, 0.15) is 3.70 Å². The fraction of sp³-hybridized carbons (Fsp3) is 0.0588. The first-order valence-electron chi connectivity index (χ1n) is 6.90. The predicted molar refractivity (Wildman–Crippen MR) is 103 cm³/mol. The lowest BCUT2D eigenvalue weighted by atomic mass is 10.0. The molecule has 1 heterocycles. The third kappa shape index (κ3) is 3.64. The lowest BCUT2D eigenvalue weighted by Crippen LogP contribution is -2.13. The number of carbonyl (C=O) groups excluding carboxylic acids is 1. The van der Waals surface area contributed by atoms with E-state index in [9.17, 15) is 4.79 Å². The Bertz CT molecular complexity index is 859. The van der Waals surface area contributed by atoms with E-state index in [1.54, 1.807) is 17.9 Å². The van der Waals surface area contributed by atoms with Gasteiger partial charge in [-0.2, -0.15) is 5.10 Å². The number of carbonyl (C=O) groups is 1. The van der Waals surface area contributed by atoms with E-state index < -0.39 is 0 Å². The summed E-state index contributed by atoms with van der Waals surface area (Å²) in [7, 11) is 1.80. The molecule has 2 aromatic carbocycles. The minimum atomic E-state index is -0.160. The summed E-state index contributed by atoms with van der Waals surface area (Å²) in [5.41, 5.74) is 3.37. The number of hydrogen-bond acceptors (Lipinski definition) is 2. The molecule has 0 saturated heterocycles. The maximum absolute atomic E-state index is 12.5. The Hall–Kier alpha value is -1.67. The predicted octanol–water partition coefficient (Wildman–Crippen LogP) is 4.71. The molecule has 1 N–H and O–H groups in total. The molecule has 0 radical (unpaired) electrons. The third-order valence-electron chi connectivity index (χ3n) is 3.36. The number of benzene rings is 2. The van der Waals surface area contributed by atoms with Crippen molar-refractivity contribution in [3.63, 3.8) is 0 Å². The van der Waals surface area contributed by atoms with Gasteiger partial charge in [0.2, 0.25) is 0 Å². The van der Waals surface area contributed by atoms with E-state index in [1.165, 1.54) is 0 Å². The number of anilines is 1. The van der Waals surface area contributed by atoms with E-state index in [1.807, 2.05) is 48.5 Å².